The van der Waals surface area contributed by atoms with Crippen molar-refractivity contribution in [1.29, 1.82) is 21.0 Å². The Hall–Kier alpha value is -3.02. The molecule has 0 atom stereocenters. The van der Waals surface area contributed by atoms with Crippen molar-refractivity contribution in [3.63, 3.8) is 0 Å². The van der Waals surface area contributed by atoms with Crippen molar-refractivity contribution in [2.45, 2.75) is 13.3 Å². The molecular weight excluding hydrogens is 216 g/mol. The SMILES string of the molecule is CC1=CC(=C(C#N)C#N)CC(=C(C#N)C#N)O1. The molecule has 0 spiro atoms. The minimum atomic E-state index is -0.148. The maximum Gasteiger partial charge on any atom is 0.168 e. The second-order valence-corrected chi connectivity index (χ2v) is 3.18. The molecule has 1 aliphatic rings. The zero-order valence-electron chi connectivity index (χ0n) is 8.98. The van der Waals surface area contributed by atoms with Gasteiger partial charge in [0.05, 0.1) is 0 Å². The molecule has 0 aromatic carbocycles. The number of nitriles is 4. The number of hydrogen-bond donors (Lipinski definition) is 0. The van der Waals surface area contributed by atoms with Gasteiger partial charge in [0, 0.05) is 6.42 Å². The summed E-state index contributed by atoms with van der Waals surface area (Å²) in [7, 11) is 0. The molecule has 0 bridgehead atoms. The van der Waals surface area contributed by atoms with E-state index < -0.39 is 0 Å². The predicted molar refractivity (Wildman–Crippen MR) is 56.0 cm³/mol. The van der Waals surface area contributed by atoms with Crippen molar-refractivity contribution in [1.82, 2.24) is 0 Å². The van der Waals surface area contributed by atoms with Gasteiger partial charge in [-0.2, -0.15) is 21.0 Å². The van der Waals surface area contributed by atoms with E-state index in [1.165, 1.54) is 0 Å². The number of ether oxygens (including phenoxy) is 1. The summed E-state index contributed by atoms with van der Waals surface area (Å²) in [6, 6.07) is 6.97. The van der Waals surface area contributed by atoms with Crippen LogP contribution < -0.4 is 0 Å². The van der Waals surface area contributed by atoms with Crippen LogP contribution in [0.4, 0.5) is 0 Å². The summed E-state index contributed by atoms with van der Waals surface area (Å²) in [6.45, 7) is 1.62. The number of nitrogens with zero attached hydrogens (tertiary/aromatic N) is 4. The van der Waals surface area contributed by atoms with Gasteiger partial charge in [0.2, 0.25) is 0 Å². The average molecular weight is 222 g/mol. The third-order valence-electron chi connectivity index (χ3n) is 2.06. The highest BCUT2D eigenvalue weighted by atomic mass is 16.5. The molecule has 0 saturated heterocycles. The number of allylic oxidation sites excluding steroid dienone is 5. The van der Waals surface area contributed by atoms with Crippen molar-refractivity contribution in [3.05, 3.63) is 34.3 Å². The van der Waals surface area contributed by atoms with Crippen LogP contribution in [0.2, 0.25) is 0 Å². The first kappa shape index (κ1) is 12.1. The second-order valence-electron chi connectivity index (χ2n) is 3.18. The molecule has 0 N–H and O–H groups in total. The number of rotatable bonds is 0. The maximum atomic E-state index is 8.76. The highest BCUT2D eigenvalue weighted by molar-refractivity contribution is 5.50. The topological polar surface area (TPSA) is 104 Å². The summed E-state index contributed by atoms with van der Waals surface area (Å²) in [5, 5.41) is 35.0. The van der Waals surface area contributed by atoms with Gasteiger partial charge in [0.15, 0.2) is 5.57 Å². The first-order valence-electron chi connectivity index (χ1n) is 4.59. The Bertz CT molecular complexity index is 577. The Labute approximate surface area is 98.4 Å². The van der Waals surface area contributed by atoms with E-state index in [-0.39, 0.29) is 23.3 Å². The fraction of sp³-hybridized carbons (Fsp3) is 0.167. The molecule has 1 aliphatic heterocycles. The molecule has 0 saturated carbocycles. The van der Waals surface area contributed by atoms with Crippen LogP contribution in [0.3, 0.4) is 0 Å². The van der Waals surface area contributed by atoms with E-state index >= 15 is 0 Å². The predicted octanol–water partition coefficient (Wildman–Crippen LogP) is 1.96. The van der Waals surface area contributed by atoms with Crippen LogP contribution >= 0.6 is 0 Å². The molecule has 0 radical (unpaired) electrons. The molecule has 1 heterocycles. The first-order chi connectivity index (χ1) is 8.15. The van der Waals surface area contributed by atoms with Crippen LogP contribution in [0.1, 0.15) is 13.3 Å². The van der Waals surface area contributed by atoms with Crippen LogP contribution in [-0.2, 0) is 4.74 Å². The highest BCUT2D eigenvalue weighted by Crippen LogP contribution is 2.28. The van der Waals surface area contributed by atoms with Gasteiger partial charge in [-0.25, -0.2) is 0 Å². The quantitative estimate of drug-likeness (QED) is 0.582. The Balaban J connectivity index is 3.36. The normalized spacial score (nSPS) is 13.1. The van der Waals surface area contributed by atoms with E-state index in [1.54, 1.807) is 37.3 Å². The molecule has 5 heteroatoms. The van der Waals surface area contributed by atoms with Gasteiger partial charge in [-0.05, 0) is 18.6 Å². The van der Waals surface area contributed by atoms with E-state index in [2.05, 4.69) is 0 Å². The monoisotopic (exact) mass is 222 g/mol. The first-order valence-corrected chi connectivity index (χ1v) is 4.59. The van der Waals surface area contributed by atoms with Gasteiger partial charge >= 0.3 is 0 Å². The van der Waals surface area contributed by atoms with Crippen LogP contribution in [0, 0.1) is 45.3 Å². The van der Waals surface area contributed by atoms with E-state index in [4.69, 9.17) is 25.8 Å². The molecule has 1 rings (SSSR count). The zero-order valence-corrected chi connectivity index (χ0v) is 8.98. The molecule has 80 valence electrons. The molecule has 0 amide bonds. The molecule has 17 heavy (non-hydrogen) atoms. The third-order valence-corrected chi connectivity index (χ3v) is 2.06. The Kier molecular flexibility index (Phi) is 3.67. The van der Waals surface area contributed by atoms with Gasteiger partial charge in [-0.15, -0.1) is 0 Å². The maximum absolute atomic E-state index is 8.76. The van der Waals surface area contributed by atoms with Gasteiger partial charge in [-0.3, -0.25) is 0 Å². The van der Waals surface area contributed by atoms with Crippen molar-refractivity contribution in [2.24, 2.45) is 0 Å². The van der Waals surface area contributed by atoms with Crippen molar-refractivity contribution >= 4 is 0 Å². The van der Waals surface area contributed by atoms with Gasteiger partial charge in [0.1, 0.15) is 41.4 Å². The summed E-state index contributed by atoms with van der Waals surface area (Å²) in [5.41, 5.74) is 0.266. The Morgan fingerprint density at radius 1 is 1.06 bits per heavy atom. The minimum Gasteiger partial charge on any atom is -0.464 e. The second kappa shape index (κ2) is 5.17. The highest BCUT2D eigenvalue weighted by Gasteiger charge is 2.18. The molecular formula is C12H6N4O. The van der Waals surface area contributed by atoms with E-state index in [0.29, 0.717) is 11.3 Å². The van der Waals surface area contributed by atoms with E-state index in [9.17, 15) is 0 Å². The lowest BCUT2D eigenvalue weighted by molar-refractivity contribution is 0.287. The third kappa shape index (κ3) is 2.51. The molecule has 0 aliphatic carbocycles. The summed E-state index contributed by atoms with van der Waals surface area (Å²) < 4.78 is 5.24. The summed E-state index contributed by atoms with van der Waals surface area (Å²) >= 11 is 0. The molecule has 0 fully saturated rings. The summed E-state index contributed by atoms with van der Waals surface area (Å²) in [5.74, 6) is 0.611. The molecule has 0 aromatic heterocycles. The van der Waals surface area contributed by atoms with Crippen LogP contribution in [0.15, 0.2) is 34.3 Å². The standard InChI is InChI=1S/C12H6N4O/c1-8-2-9(10(4-13)5-14)3-12(17-8)11(6-15)7-16/h2H,3H2,1H3. The lowest BCUT2D eigenvalue weighted by atomic mass is 10.0. The Morgan fingerprint density at radius 3 is 2.06 bits per heavy atom. The van der Waals surface area contributed by atoms with Gasteiger partial charge in [-0.1, -0.05) is 0 Å². The van der Waals surface area contributed by atoms with Crippen molar-refractivity contribution in [3.8, 4) is 24.3 Å². The lowest BCUT2D eigenvalue weighted by Gasteiger charge is -2.17. The molecule has 0 aromatic rings. The van der Waals surface area contributed by atoms with Crippen molar-refractivity contribution in [2.75, 3.05) is 0 Å². The summed E-state index contributed by atoms with van der Waals surface area (Å²) in [4.78, 5) is 0. The average Bonchev–Trinajstić information content (AvgIpc) is 2.31. The molecule has 5 nitrogen and oxygen atoms in total. The number of hydrogen-bond acceptors (Lipinski definition) is 5. The zero-order chi connectivity index (χ0) is 12.8. The largest absolute Gasteiger partial charge is 0.464 e. The summed E-state index contributed by atoms with van der Waals surface area (Å²) in [6.07, 6.45) is 1.65. The van der Waals surface area contributed by atoms with Gasteiger partial charge < -0.3 is 4.74 Å². The van der Waals surface area contributed by atoms with Crippen LogP contribution in [-0.4, -0.2) is 0 Å². The fourth-order valence-corrected chi connectivity index (χ4v) is 1.35. The van der Waals surface area contributed by atoms with Crippen LogP contribution in [0.5, 0.6) is 0 Å². The van der Waals surface area contributed by atoms with Crippen LogP contribution in [0.25, 0.3) is 0 Å². The Morgan fingerprint density at radius 2 is 1.59 bits per heavy atom. The smallest absolute Gasteiger partial charge is 0.168 e. The lowest BCUT2D eigenvalue weighted by Crippen LogP contribution is -2.04. The minimum absolute atomic E-state index is 0.0413. The molecule has 0 unspecified atom stereocenters. The fourth-order valence-electron chi connectivity index (χ4n) is 1.35. The van der Waals surface area contributed by atoms with E-state index in [1.807, 2.05) is 0 Å². The van der Waals surface area contributed by atoms with Crippen molar-refractivity contribution < 1.29 is 4.74 Å². The van der Waals surface area contributed by atoms with E-state index in [0.717, 1.165) is 0 Å². The van der Waals surface area contributed by atoms with Gasteiger partial charge in [0.25, 0.3) is 0 Å².